The molecule has 2 heterocycles. The molecule has 106 valence electrons. The zero-order valence-corrected chi connectivity index (χ0v) is 11.6. The maximum Gasteiger partial charge on any atom is 0.253 e. The summed E-state index contributed by atoms with van der Waals surface area (Å²) in [5.74, 6) is 5.45. The van der Waals surface area contributed by atoms with Crippen molar-refractivity contribution in [3.63, 3.8) is 0 Å². The van der Waals surface area contributed by atoms with Gasteiger partial charge in [0.25, 0.3) is 5.91 Å². The fraction of sp³-hybridized carbons (Fsp3) is 0.467. The first kappa shape index (κ1) is 14.5. The van der Waals surface area contributed by atoms with Gasteiger partial charge in [-0.2, -0.15) is 0 Å². The minimum Gasteiger partial charge on any atom is -0.376 e. The SMILES string of the molecule is CC(NC(=O)c1cncc(C#CCN)c1)C1CCCO1. The van der Waals surface area contributed by atoms with E-state index >= 15 is 0 Å². The lowest BCUT2D eigenvalue weighted by atomic mass is 10.1. The Bertz CT molecular complexity index is 527. The summed E-state index contributed by atoms with van der Waals surface area (Å²) in [5.41, 5.74) is 6.51. The fourth-order valence-corrected chi connectivity index (χ4v) is 2.17. The van der Waals surface area contributed by atoms with Gasteiger partial charge in [0.2, 0.25) is 0 Å². The summed E-state index contributed by atoms with van der Waals surface area (Å²) in [5, 5.41) is 2.94. The van der Waals surface area contributed by atoms with E-state index in [0.29, 0.717) is 11.1 Å². The molecule has 1 aromatic heterocycles. The average Bonchev–Trinajstić information content (AvgIpc) is 2.99. The Morgan fingerprint density at radius 1 is 1.65 bits per heavy atom. The van der Waals surface area contributed by atoms with Crippen molar-refractivity contribution in [3.05, 3.63) is 29.6 Å². The van der Waals surface area contributed by atoms with Gasteiger partial charge in [-0.3, -0.25) is 9.78 Å². The molecule has 0 saturated carbocycles. The van der Waals surface area contributed by atoms with Gasteiger partial charge in [-0.25, -0.2) is 0 Å². The second kappa shape index (κ2) is 7.04. The van der Waals surface area contributed by atoms with Crippen LogP contribution in [0.1, 0.15) is 35.7 Å². The summed E-state index contributed by atoms with van der Waals surface area (Å²) < 4.78 is 5.56. The van der Waals surface area contributed by atoms with Crippen LogP contribution in [0.2, 0.25) is 0 Å². The number of aromatic nitrogens is 1. The number of hydrogen-bond donors (Lipinski definition) is 2. The lowest BCUT2D eigenvalue weighted by Gasteiger charge is -2.19. The maximum absolute atomic E-state index is 12.2. The van der Waals surface area contributed by atoms with Crippen molar-refractivity contribution in [1.82, 2.24) is 10.3 Å². The van der Waals surface area contributed by atoms with Crippen LogP contribution in [-0.4, -0.2) is 36.2 Å². The van der Waals surface area contributed by atoms with Gasteiger partial charge in [0.15, 0.2) is 0 Å². The van der Waals surface area contributed by atoms with Crippen molar-refractivity contribution in [2.75, 3.05) is 13.2 Å². The molecule has 2 atom stereocenters. The van der Waals surface area contributed by atoms with Gasteiger partial charge in [-0.1, -0.05) is 11.8 Å². The normalized spacial score (nSPS) is 19.0. The van der Waals surface area contributed by atoms with E-state index in [0.717, 1.165) is 19.4 Å². The zero-order valence-electron chi connectivity index (χ0n) is 11.6. The number of nitrogens with one attached hydrogen (secondary N) is 1. The summed E-state index contributed by atoms with van der Waals surface area (Å²) in [6.45, 7) is 3.02. The monoisotopic (exact) mass is 273 g/mol. The lowest BCUT2D eigenvalue weighted by molar-refractivity contribution is 0.0712. The number of carbonyl (C=O) groups is 1. The standard InChI is InChI=1S/C15H19N3O2/c1-11(14-5-3-7-20-14)18-15(19)13-8-12(4-2-6-16)9-17-10-13/h8-11,14H,3,5-7,16H2,1H3,(H,18,19). The van der Waals surface area contributed by atoms with Gasteiger partial charge in [0, 0.05) is 24.6 Å². The smallest absolute Gasteiger partial charge is 0.253 e. The molecular formula is C15H19N3O2. The van der Waals surface area contributed by atoms with E-state index in [1.807, 2.05) is 6.92 Å². The van der Waals surface area contributed by atoms with Crippen LogP contribution in [0.4, 0.5) is 0 Å². The second-order valence-electron chi connectivity index (χ2n) is 4.78. The first-order chi connectivity index (χ1) is 9.70. The molecule has 0 radical (unpaired) electrons. The Kier molecular flexibility index (Phi) is 5.10. The third kappa shape index (κ3) is 3.80. The number of nitrogens with zero attached hydrogens (tertiary/aromatic N) is 1. The van der Waals surface area contributed by atoms with Crippen LogP contribution in [0.5, 0.6) is 0 Å². The third-order valence-electron chi connectivity index (χ3n) is 3.22. The summed E-state index contributed by atoms with van der Waals surface area (Å²) in [4.78, 5) is 16.2. The predicted molar refractivity (Wildman–Crippen MR) is 76.1 cm³/mol. The van der Waals surface area contributed by atoms with E-state index in [1.54, 1.807) is 12.3 Å². The van der Waals surface area contributed by atoms with Gasteiger partial charge < -0.3 is 15.8 Å². The van der Waals surface area contributed by atoms with Crippen molar-refractivity contribution in [2.45, 2.75) is 31.9 Å². The van der Waals surface area contributed by atoms with Gasteiger partial charge in [0.05, 0.1) is 24.3 Å². The number of hydrogen-bond acceptors (Lipinski definition) is 4. The van der Waals surface area contributed by atoms with Gasteiger partial charge in [0.1, 0.15) is 0 Å². The number of ether oxygens (including phenoxy) is 1. The largest absolute Gasteiger partial charge is 0.376 e. The molecule has 1 saturated heterocycles. The quantitative estimate of drug-likeness (QED) is 0.794. The topological polar surface area (TPSA) is 77.2 Å². The summed E-state index contributed by atoms with van der Waals surface area (Å²) >= 11 is 0. The molecule has 20 heavy (non-hydrogen) atoms. The summed E-state index contributed by atoms with van der Waals surface area (Å²) in [6.07, 6.45) is 5.29. The van der Waals surface area contributed by atoms with Crippen molar-refractivity contribution in [1.29, 1.82) is 0 Å². The maximum atomic E-state index is 12.2. The Hall–Kier alpha value is -1.90. The molecule has 5 nitrogen and oxygen atoms in total. The van der Waals surface area contributed by atoms with Crippen molar-refractivity contribution in [3.8, 4) is 11.8 Å². The Morgan fingerprint density at radius 3 is 3.20 bits per heavy atom. The number of nitrogens with two attached hydrogens (primary N) is 1. The Labute approximate surface area is 118 Å². The molecular weight excluding hydrogens is 254 g/mol. The number of carbonyl (C=O) groups excluding carboxylic acids is 1. The third-order valence-corrected chi connectivity index (χ3v) is 3.22. The average molecular weight is 273 g/mol. The molecule has 5 heteroatoms. The highest BCUT2D eigenvalue weighted by Gasteiger charge is 2.24. The lowest BCUT2D eigenvalue weighted by Crippen LogP contribution is -2.40. The molecule has 0 aliphatic carbocycles. The predicted octanol–water partition coefficient (Wildman–Crippen LogP) is 0.689. The van der Waals surface area contributed by atoms with E-state index in [4.69, 9.17) is 10.5 Å². The van der Waals surface area contributed by atoms with Crippen LogP contribution in [-0.2, 0) is 4.74 Å². The van der Waals surface area contributed by atoms with Crippen LogP contribution in [0.15, 0.2) is 18.5 Å². The Morgan fingerprint density at radius 2 is 2.50 bits per heavy atom. The molecule has 3 N–H and O–H groups in total. The van der Waals surface area contributed by atoms with Gasteiger partial charge >= 0.3 is 0 Å². The number of pyridine rings is 1. The molecule has 1 aliphatic rings. The van der Waals surface area contributed by atoms with Crippen LogP contribution < -0.4 is 11.1 Å². The molecule has 0 spiro atoms. The highest BCUT2D eigenvalue weighted by molar-refractivity contribution is 5.94. The van der Waals surface area contributed by atoms with Crippen LogP contribution in [0.3, 0.4) is 0 Å². The van der Waals surface area contributed by atoms with Crippen LogP contribution in [0, 0.1) is 11.8 Å². The van der Waals surface area contributed by atoms with Gasteiger partial charge in [-0.05, 0) is 25.8 Å². The molecule has 2 rings (SSSR count). The molecule has 1 fully saturated rings. The highest BCUT2D eigenvalue weighted by Crippen LogP contribution is 2.15. The van der Waals surface area contributed by atoms with Crippen molar-refractivity contribution in [2.24, 2.45) is 5.73 Å². The number of amides is 1. The summed E-state index contributed by atoms with van der Waals surface area (Å²) in [6, 6.07) is 1.71. The molecule has 1 amide bonds. The van der Waals surface area contributed by atoms with E-state index in [9.17, 15) is 4.79 Å². The Balaban J connectivity index is 2.01. The minimum atomic E-state index is -0.156. The van der Waals surface area contributed by atoms with Gasteiger partial charge in [-0.15, -0.1) is 0 Å². The molecule has 2 unspecified atom stereocenters. The van der Waals surface area contributed by atoms with E-state index in [-0.39, 0.29) is 24.6 Å². The molecule has 1 aromatic rings. The fourth-order valence-electron chi connectivity index (χ4n) is 2.17. The minimum absolute atomic E-state index is 0.0104. The first-order valence-electron chi connectivity index (χ1n) is 6.77. The van der Waals surface area contributed by atoms with Crippen LogP contribution >= 0.6 is 0 Å². The first-order valence-corrected chi connectivity index (χ1v) is 6.77. The molecule has 1 aliphatic heterocycles. The molecule has 0 bridgehead atoms. The van der Waals surface area contributed by atoms with E-state index < -0.39 is 0 Å². The van der Waals surface area contributed by atoms with E-state index in [2.05, 4.69) is 22.1 Å². The highest BCUT2D eigenvalue weighted by atomic mass is 16.5. The summed E-state index contributed by atoms with van der Waals surface area (Å²) in [7, 11) is 0. The van der Waals surface area contributed by atoms with Crippen LogP contribution in [0.25, 0.3) is 0 Å². The second-order valence-corrected chi connectivity index (χ2v) is 4.78. The van der Waals surface area contributed by atoms with Crippen molar-refractivity contribution >= 4 is 5.91 Å². The van der Waals surface area contributed by atoms with Crippen molar-refractivity contribution < 1.29 is 9.53 Å². The zero-order chi connectivity index (χ0) is 14.4. The molecule has 0 aromatic carbocycles. The number of rotatable bonds is 3. The van der Waals surface area contributed by atoms with E-state index in [1.165, 1.54) is 6.20 Å².